The van der Waals surface area contributed by atoms with E-state index in [4.69, 9.17) is 18.6 Å². The number of aromatic nitrogens is 2. The highest BCUT2D eigenvalue weighted by atomic mass is 16.6. The third-order valence-corrected chi connectivity index (χ3v) is 3.66. The first-order chi connectivity index (χ1) is 13.1. The second-order valence-electron chi connectivity index (χ2n) is 5.22. The van der Waals surface area contributed by atoms with Gasteiger partial charge in [0, 0.05) is 17.8 Å². The van der Waals surface area contributed by atoms with Gasteiger partial charge in [-0.25, -0.2) is 9.97 Å². The van der Waals surface area contributed by atoms with Gasteiger partial charge in [0.15, 0.2) is 17.3 Å². The van der Waals surface area contributed by atoms with Crippen LogP contribution in [0.15, 0.2) is 41.2 Å². The molecule has 0 aliphatic rings. The van der Waals surface area contributed by atoms with E-state index in [0.717, 1.165) is 0 Å². The number of nitrogens with one attached hydrogen (secondary N) is 1. The predicted octanol–water partition coefficient (Wildman–Crippen LogP) is 3.41. The summed E-state index contributed by atoms with van der Waals surface area (Å²) in [5.41, 5.74) is 1.46. The summed E-state index contributed by atoms with van der Waals surface area (Å²) in [4.78, 5) is 18.4. The van der Waals surface area contributed by atoms with Crippen LogP contribution in [0.4, 0.5) is 17.3 Å². The molecule has 27 heavy (non-hydrogen) atoms. The van der Waals surface area contributed by atoms with Gasteiger partial charge in [-0.15, -0.1) is 0 Å². The lowest BCUT2D eigenvalue weighted by Gasteiger charge is -2.15. The first-order valence-corrected chi connectivity index (χ1v) is 7.69. The van der Waals surface area contributed by atoms with Gasteiger partial charge in [-0.1, -0.05) is 0 Å². The molecule has 2 aromatic heterocycles. The smallest absolute Gasteiger partial charge is 0.433 e. The second-order valence-corrected chi connectivity index (χ2v) is 5.22. The molecule has 0 saturated heterocycles. The Balaban J connectivity index is 2.00. The largest absolute Gasteiger partial charge is 0.493 e. The van der Waals surface area contributed by atoms with E-state index in [9.17, 15) is 10.1 Å². The average Bonchev–Trinajstić information content (AvgIpc) is 3.18. The molecule has 0 spiro atoms. The maximum atomic E-state index is 10.8. The van der Waals surface area contributed by atoms with Crippen molar-refractivity contribution in [2.75, 3.05) is 26.6 Å². The topological polar surface area (TPSA) is 122 Å². The number of nitrogens with zero attached hydrogens (tertiary/aromatic N) is 3. The summed E-state index contributed by atoms with van der Waals surface area (Å²) in [6.07, 6.45) is 2.85. The zero-order valence-corrected chi connectivity index (χ0v) is 14.8. The van der Waals surface area contributed by atoms with Crippen LogP contribution in [0.3, 0.4) is 0 Å². The van der Waals surface area contributed by atoms with E-state index in [1.54, 1.807) is 12.1 Å². The Bertz CT molecular complexity index is 947. The predicted molar refractivity (Wildman–Crippen MR) is 95.8 cm³/mol. The summed E-state index contributed by atoms with van der Waals surface area (Å²) in [6.45, 7) is 0. The van der Waals surface area contributed by atoms with Gasteiger partial charge in [0.1, 0.15) is 16.9 Å². The van der Waals surface area contributed by atoms with Gasteiger partial charge in [-0.05, 0) is 6.07 Å². The lowest BCUT2D eigenvalue weighted by Crippen LogP contribution is -1.99. The van der Waals surface area contributed by atoms with Gasteiger partial charge >= 0.3 is 5.88 Å². The summed E-state index contributed by atoms with van der Waals surface area (Å²) in [6, 6.07) is 6.16. The van der Waals surface area contributed by atoms with E-state index in [0.29, 0.717) is 34.3 Å². The zero-order valence-electron chi connectivity index (χ0n) is 14.8. The van der Waals surface area contributed by atoms with Crippen molar-refractivity contribution < 1.29 is 23.6 Å². The molecule has 0 unspecified atom stereocenters. The minimum atomic E-state index is -0.614. The van der Waals surface area contributed by atoms with Crippen LogP contribution >= 0.6 is 0 Å². The first-order valence-electron chi connectivity index (χ1n) is 7.69. The molecule has 0 fully saturated rings. The van der Waals surface area contributed by atoms with Crippen LogP contribution in [-0.2, 0) is 0 Å². The summed E-state index contributed by atoms with van der Waals surface area (Å²) < 4.78 is 21.2. The van der Waals surface area contributed by atoms with E-state index in [1.807, 2.05) is 0 Å². The zero-order chi connectivity index (χ0) is 19.4. The standard InChI is InChI=1S/C17H16N4O6/c1-24-13-6-10(7-14(25-2)17(13)26-3)20-11-8-18-9-19-16(11)12-4-5-15(27-12)21(22)23/h4-9,20H,1-3H3. The molecule has 10 heteroatoms. The minimum Gasteiger partial charge on any atom is -0.493 e. The molecule has 0 atom stereocenters. The number of hydrogen-bond donors (Lipinski definition) is 1. The van der Waals surface area contributed by atoms with Crippen molar-refractivity contribution in [3.8, 4) is 28.7 Å². The maximum absolute atomic E-state index is 10.8. The number of furan rings is 1. The fraction of sp³-hybridized carbons (Fsp3) is 0.176. The van der Waals surface area contributed by atoms with Gasteiger partial charge < -0.3 is 23.9 Å². The fourth-order valence-electron chi connectivity index (χ4n) is 2.48. The minimum absolute atomic E-state index is 0.235. The Hall–Kier alpha value is -3.82. The molecular weight excluding hydrogens is 356 g/mol. The quantitative estimate of drug-likeness (QED) is 0.491. The van der Waals surface area contributed by atoms with Gasteiger partial charge in [0.25, 0.3) is 0 Å². The molecule has 2 heterocycles. The van der Waals surface area contributed by atoms with Crippen LogP contribution in [-0.4, -0.2) is 36.2 Å². The summed E-state index contributed by atoms with van der Waals surface area (Å²) in [5, 5.41) is 14.0. The van der Waals surface area contributed by atoms with E-state index < -0.39 is 4.92 Å². The third-order valence-electron chi connectivity index (χ3n) is 3.66. The van der Waals surface area contributed by atoms with Gasteiger partial charge in [0.2, 0.25) is 5.75 Å². The number of hydrogen-bond acceptors (Lipinski definition) is 9. The van der Waals surface area contributed by atoms with Crippen molar-refractivity contribution in [2.45, 2.75) is 0 Å². The second kappa shape index (κ2) is 7.60. The van der Waals surface area contributed by atoms with Crippen molar-refractivity contribution in [2.24, 2.45) is 0 Å². The molecule has 1 N–H and O–H groups in total. The van der Waals surface area contributed by atoms with Crippen LogP contribution in [0.1, 0.15) is 0 Å². The Kier molecular flexibility index (Phi) is 5.06. The molecule has 3 aromatic rings. The third kappa shape index (κ3) is 3.59. The summed E-state index contributed by atoms with van der Waals surface area (Å²) >= 11 is 0. The van der Waals surface area contributed by atoms with Crippen molar-refractivity contribution in [1.82, 2.24) is 9.97 Å². The van der Waals surface area contributed by atoms with E-state index in [-0.39, 0.29) is 11.6 Å². The van der Waals surface area contributed by atoms with E-state index >= 15 is 0 Å². The number of anilines is 2. The summed E-state index contributed by atoms with van der Waals surface area (Å²) in [7, 11) is 4.54. The normalized spacial score (nSPS) is 10.3. The number of ether oxygens (including phenoxy) is 3. The Morgan fingerprint density at radius 1 is 1.11 bits per heavy atom. The van der Waals surface area contributed by atoms with Crippen LogP contribution in [0.2, 0.25) is 0 Å². The van der Waals surface area contributed by atoms with E-state index in [1.165, 1.54) is 46.0 Å². The molecule has 0 aliphatic carbocycles. The highest BCUT2D eigenvalue weighted by Crippen LogP contribution is 2.41. The van der Waals surface area contributed by atoms with Crippen LogP contribution < -0.4 is 19.5 Å². The van der Waals surface area contributed by atoms with Crippen LogP contribution in [0, 0.1) is 10.1 Å². The Morgan fingerprint density at radius 3 is 2.37 bits per heavy atom. The molecule has 0 bridgehead atoms. The van der Waals surface area contributed by atoms with Crippen molar-refractivity contribution >= 4 is 17.3 Å². The number of methoxy groups -OCH3 is 3. The SMILES string of the molecule is COc1cc(Nc2cncnc2-c2ccc([N+](=O)[O-])o2)cc(OC)c1OC. The molecule has 10 nitrogen and oxygen atoms in total. The lowest BCUT2D eigenvalue weighted by atomic mass is 10.2. The first kappa shape index (κ1) is 18.0. The van der Waals surface area contributed by atoms with Crippen LogP contribution in [0.25, 0.3) is 11.5 Å². The molecule has 1 aromatic carbocycles. The molecule has 0 aliphatic heterocycles. The summed E-state index contributed by atoms with van der Waals surface area (Å²) in [5.74, 6) is 1.25. The average molecular weight is 372 g/mol. The highest BCUT2D eigenvalue weighted by molar-refractivity contribution is 5.76. The Morgan fingerprint density at radius 2 is 1.81 bits per heavy atom. The molecule has 0 radical (unpaired) electrons. The number of benzene rings is 1. The van der Waals surface area contributed by atoms with Gasteiger partial charge in [-0.3, -0.25) is 10.1 Å². The fourth-order valence-corrected chi connectivity index (χ4v) is 2.48. The molecule has 0 saturated carbocycles. The van der Waals surface area contributed by atoms with Crippen molar-refractivity contribution in [3.63, 3.8) is 0 Å². The Labute approximate surface area is 153 Å². The van der Waals surface area contributed by atoms with Crippen molar-refractivity contribution in [1.29, 1.82) is 0 Å². The molecular formula is C17H16N4O6. The van der Waals surface area contributed by atoms with Crippen LogP contribution in [0.5, 0.6) is 17.2 Å². The van der Waals surface area contributed by atoms with Crippen molar-refractivity contribution in [3.05, 3.63) is 46.9 Å². The number of nitro groups is 1. The number of rotatable bonds is 7. The van der Waals surface area contributed by atoms with E-state index in [2.05, 4.69) is 15.3 Å². The lowest BCUT2D eigenvalue weighted by molar-refractivity contribution is -0.401. The monoisotopic (exact) mass is 372 g/mol. The van der Waals surface area contributed by atoms with Gasteiger partial charge in [-0.2, -0.15) is 0 Å². The molecule has 3 rings (SSSR count). The molecule has 140 valence electrons. The highest BCUT2D eigenvalue weighted by Gasteiger charge is 2.18. The molecule has 0 amide bonds. The van der Waals surface area contributed by atoms with Gasteiger partial charge in [0.05, 0.1) is 39.3 Å². The maximum Gasteiger partial charge on any atom is 0.433 e.